The second-order valence-corrected chi connectivity index (χ2v) is 14.5. The van der Waals surface area contributed by atoms with Crippen LogP contribution < -0.4 is 0 Å². The van der Waals surface area contributed by atoms with Gasteiger partial charge in [-0.3, -0.25) is 0 Å². The van der Waals surface area contributed by atoms with Crippen LogP contribution in [0.1, 0.15) is 0 Å². The van der Waals surface area contributed by atoms with E-state index < -0.39 is 0 Å². The zero-order valence-corrected chi connectivity index (χ0v) is 29.0. The summed E-state index contributed by atoms with van der Waals surface area (Å²) in [7, 11) is 0. The lowest BCUT2D eigenvalue weighted by atomic mass is 9.86. The summed E-state index contributed by atoms with van der Waals surface area (Å²) in [4.78, 5) is 1.29. The number of hydrogen-bond acceptors (Lipinski definition) is 2. The van der Waals surface area contributed by atoms with E-state index in [-0.39, 0.29) is 0 Å². The van der Waals surface area contributed by atoms with E-state index in [1.54, 1.807) is 11.3 Å². The maximum absolute atomic E-state index is 6.67. The van der Waals surface area contributed by atoms with E-state index in [1.165, 1.54) is 81.3 Å². The maximum Gasteiger partial charge on any atom is 0.136 e. The van der Waals surface area contributed by atoms with Crippen LogP contribution in [0.3, 0.4) is 0 Å². The van der Waals surface area contributed by atoms with Crippen LogP contribution in [0.15, 0.2) is 186 Å². The van der Waals surface area contributed by atoms with Crippen LogP contribution in [-0.4, -0.2) is 0 Å². The Hall–Kier alpha value is -6.48. The highest BCUT2D eigenvalue weighted by Gasteiger charge is 2.20. The molecule has 0 saturated heterocycles. The first-order chi connectivity index (χ1) is 25.8. The molecule has 242 valence electrons. The van der Waals surface area contributed by atoms with Crippen molar-refractivity contribution in [2.24, 2.45) is 0 Å². The van der Waals surface area contributed by atoms with Gasteiger partial charge in [0, 0.05) is 21.2 Å². The van der Waals surface area contributed by atoms with E-state index in [9.17, 15) is 0 Å². The molecule has 2 aromatic heterocycles. The van der Waals surface area contributed by atoms with E-state index in [2.05, 4.69) is 181 Å². The summed E-state index contributed by atoms with van der Waals surface area (Å²) in [5, 5.41) is 14.5. The molecule has 2 heterocycles. The fourth-order valence-electron chi connectivity index (χ4n) is 8.57. The van der Waals surface area contributed by atoms with Gasteiger partial charge in [-0.2, -0.15) is 0 Å². The third-order valence-corrected chi connectivity index (χ3v) is 11.6. The Bertz CT molecular complexity index is 3050. The molecule has 9 aromatic carbocycles. The van der Waals surface area contributed by atoms with Crippen molar-refractivity contribution < 1.29 is 4.42 Å². The Kier molecular flexibility index (Phi) is 6.49. The molecule has 0 aliphatic rings. The predicted octanol–water partition coefficient (Wildman–Crippen LogP) is 14.9. The summed E-state index contributed by atoms with van der Waals surface area (Å²) >= 11 is 1.80. The quantitative estimate of drug-likeness (QED) is 0.169. The van der Waals surface area contributed by atoms with Crippen molar-refractivity contribution >= 4 is 76.4 Å². The molecule has 0 radical (unpaired) electrons. The number of rotatable bonds is 4. The minimum Gasteiger partial charge on any atom is -0.456 e. The van der Waals surface area contributed by atoms with Crippen molar-refractivity contribution in [3.8, 4) is 43.8 Å². The SMILES string of the molecule is c1ccc(-c2c3ccccc3c(-c3ccc4c(c3)oc3ccc(-c5c6ccccc6c(-c6cccs6)c6ccccc56)cc34)c3ccccc23)cc1. The van der Waals surface area contributed by atoms with Crippen LogP contribution in [0.4, 0.5) is 0 Å². The minimum atomic E-state index is 0.896. The molecule has 0 aliphatic heterocycles. The molecular formula is C50H30OS. The molecule has 0 bridgehead atoms. The summed E-state index contributed by atoms with van der Waals surface area (Å²) in [5.74, 6) is 0. The largest absolute Gasteiger partial charge is 0.456 e. The average Bonchev–Trinajstić information content (AvgIpc) is 3.87. The van der Waals surface area contributed by atoms with Gasteiger partial charge >= 0.3 is 0 Å². The Morgan fingerprint density at radius 3 is 1.27 bits per heavy atom. The zero-order chi connectivity index (χ0) is 34.2. The number of furan rings is 1. The van der Waals surface area contributed by atoms with E-state index in [0.717, 1.165) is 27.5 Å². The van der Waals surface area contributed by atoms with Crippen molar-refractivity contribution in [2.45, 2.75) is 0 Å². The predicted molar refractivity (Wildman–Crippen MR) is 223 cm³/mol. The number of benzene rings is 9. The Morgan fingerprint density at radius 2 is 0.750 bits per heavy atom. The molecule has 0 atom stereocenters. The molecule has 52 heavy (non-hydrogen) atoms. The molecule has 11 rings (SSSR count). The van der Waals surface area contributed by atoms with Crippen molar-refractivity contribution in [3.63, 3.8) is 0 Å². The number of hydrogen-bond donors (Lipinski definition) is 0. The fraction of sp³-hybridized carbons (Fsp3) is 0. The third-order valence-electron chi connectivity index (χ3n) is 10.7. The summed E-state index contributed by atoms with van der Waals surface area (Å²) in [6.07, 6.45) is 0. The molecule has 0 saturated carbocycles. The normalized spacial score (nSPS) is 11.8. The lowest BCUT2D eigenvalue weighted by molar-refractivity contribution is 0.669. The van der Waals surface area contributed by atoms with E-state index in [1.807, 2.05) is 0 Å². The van der Waals surface area contributed by atoms with Crippen LogP contribution in [0.25, 0.3) is 109 Å². The molecule has 0 aliphatic carbocycles. The lowest BCUT2D eigenvalue weighted by Gasteiger charge is -2.17. The molecule has 0 spiro atoms. The second kappa shape index (κ2) is 11.5. The topological polar surface area (TPSA) is 13.1 Å². The van der Waals surface area contributed by atoms with Crippen molar-refractivity contribution in [1.82, 2.24) is 0 Å². The van der Waals surface area contributed by atoms with Gasteiger partial charge in [-0.25, -0.2) is 0 Å². The lowest BCUT2D eigenvalue weighted by Crippen LogP contribution is -1.90. The van der Waals surface area contributed by atoms with E-state index in [0.29, 0.717) is 0 Å². The van der Waals surface area contributed by atoms with Crippen LogP contribution >= 0.6 is 11.3 Å². The monoisotopic (exact) mass is 678 g/mol. The van der Waals surface area contributed by atoms with Gasteiger partial charge in [0.15, 0.2) is 0 Å². The van der Waals surface area contributed by atoms with E-state index in [4.69, 9.17) is 4.42 Å². The highest BCUT2D eigenvalue weighted by molar-refractivity contribution is 7.13. The second-order valence-electron chi connectivity index (χ2n) is 13.5. The molecule has 0 N–H and O–H groups in total. The van der Waals surface area contributed by atoms with Gasteiger partial charge < -0.3 is 4.42 Å². The fourth-order valence-corrected chi connectivity index (χ4v) is 9.37. The summed E-state index contributed by atoms with van der Waals surface area (Å²) < 4.78 is 6.67. The number of fused-ring (bicyclic) bond motifs is 7. The molecule has 0 amide bonds. The van der Waals surface area contributed by atoms with E-state index >= 15 is 0 Å². The standard InChI is InChI=1S/C50H30OS/c1-2-13-31(14-3-1)47-35-15-4-6-17-37(35)49(38-18-7-5-16-36(38)47)33-24-26-34-43-29-32(25-27-44(43)51-45(34)30-33)48-39-19-8-10-21-41(39)50(46-23-12-28-52-46)42-22-11-9-20-40(42)48/h1-30H. The Labute approximate surface area is 304 Å². The van der Waals surface area contributed by atoms with Crippen molar-refractivity contribution in [3.05, 3.63) is 181 Å². The smallest absolute Gasteiger partial charge is 0.136 e. The number of thiophene rings is 1. The first-order valence-corrected chi connectivity index (χ1v) is 18.6. The Morgan fingerprint density at radius 1 is 0.288 bits per heavy atom. The highest BCUT2D eigenvalue weighted by atomic mass is 32.1. The molecule has 11 aromatic rings. The van der Waals surface area contributed by atoms with Crippen molar-refractivity contribution in [2.75, 3.05) is 0 Å². The molecule has 2 heteroatoms. The van der Waals surface area contributed by atoms with Gasteiger partial charge in [0.05, 0.1) is 0 Å². The Balaban J connectivity index is 1.13. The van der Waals surface area contributed by atoms with Gasteiger partial charge in [0.25, 0.3) is 0 Å². The molecule has 1 nitrogen and oxygen atoms in total. The van der Waals surface area contributed by atoms with Crippen LogP contribution in [0.5, 0.6) is 0 Å². The molecular weight excluding hydrogens is 649 g/mol. The van der Waals surface area contributed by atoms with Gasteiger partial charge in [0.1, 0.15) is 11.2 Å². The summed E-state index contributed by atoms with van der Waals surface area (Å²) in [5.41, 5.74) is 10.4. The highest BCUT2D eigenvalue weighted by Crippen LogP contribution is 2.47. The minimum absolute atomic E-state index is 0.896. The zero-order valence-electron chi connectivity index (χ0n) is 28.1. The summed E-state index contributed by atoms with van der Waals surface area (Å²) in [6.45, 7) is 0. The van der Waals surface area contributed by atoms with Crippen LogP contribution in [0, 0.1) is 0 Å². The first kappa shape index (κ1) is 29.3. The summed E-state index contributed by atoms with van der Waals surface area (Å²) in [6, 6.07) is 64.0. The first-order valence-electron chi connectivity index (χ1n) is 17.7. The van der Waals surface area contributed by atoms with Gasteiger partial charge in [-0.05, 0) is 112 Å². The van der Waals surface area contributed by atoms with Crippen molar-refractivity contribution in [1.29, 1.82) is 0 Å². The van der Waals surface area contributed by atoms with Gasteiger partial charge in [0.2, 0.25) is 0 Å². The average molecular weight is 679 g/mol. The molecule has 0 unspecified atom stereocenters. The molecule has 0 fully saturated rings. The van der Waals surface area contributed by atoms with Crippen LogP contribution in [-0.2, 0) is 0 Å². The maximum atomic E-state index is 6.67. The van der Waals surface area contributed by atoms with Gasteiger partial charge in [-0.1, -0.05) is 146 Å². The van der Waals surface area contributed by atoms with Crippen LogP contribution in [0.2, 0.25) is 0 Å². The van der Waals surface area contributed by atoms with Gasteiger partial charge in [-0.15, -0.1) is 11.3 Å². The third kappa shape index (κ3) is 4.35.